The summed E-state index contributed by atoms with van der Waals surface area (Å²) < 4.78 is 19.9. The molecule has 0 saturated heterocycles. The van der Waals surface area contributed by atoms with Crippen LogP contribution in [0.2, 0.25) is 0 Å². The van der Waals surface area contributed by atoms with E-state index in [1.54, 1.807) is 37.3 Å². The summed E-state index contributed by atoms with van der Waals surface area (Å²) in [5, 5.41) is 3.07. The Morgan fingerprint density at radius 3 is 2.45 bits per heavy atom. The maximum Gasteiger partial charge on any atom is 0.261 e. The van der Waals surface area contributed by atoms with E-state index in [0.717, 1.165) is 31.2 Å². The fourth-order valence-electron chi connectivity index (χ4n) is 3.82. The number of hydrogen-bond acceptors (Lipinski definition) is 3. The van der Waals surface area contributed by atoms with E-state index in [2.05, 4.69) is 5.32 Å². The van der Waals surface area contributed by atoms with E-state index in [4.69, 9.17) is 4.74 Å². The summed E-state index contributed by atoms with van der Waals surface area (Å²) in [6, 6.07) is 13.1. The molecule has 1 N–H and O–H groups in total. The van der Waals surface area contributed by atoms with Gasteiger partial charge in [-0.25, -0.2) is 4.39 Å². The summed E-state index contributed by atoms with van der Waals surface area (Å²) >= 11 is 0. The summed E-state index contributed by atoms with van der Waals surface area (Å²) in [7, 11) is 0. The van der Waals surface area contributed by atoms with Crippen molar-refractivity contribution < 1.29 is 18.7 Å². The number of amides is 2. The van der Waals surface area contributed by atoms with Crippen LogP contribution < -0.4 is 10.1 Å². The summed E-state index contributed by atoms with van der Waals surface area (Å²) in [6.45, 7) is 3.43. The molecule has 5 nitrogen and oxygen atoms in total. The first-order valence-corrected chi connectivity index (χ1v) is 11.0. The summed E-state index contributed by atoms with van der Waals surface area (Å²) in [4.78, 5) is 27.3. The van der Waals surface area contributed by atoms with Gasteiger partial charge in [0.15, 0.2) is 6.61 Å². The number of benzene rings is 2. The molecule has 6 heteroatoms. The first-order chi connectivity index (χ1) is 14.9. The van der Waals surface area contributed by atoms with Crippen LogP contribution in [0.3, 0.4) is 0 Å². The van der Waals surface area contributed by atoms with Crippen molar-refractivity contribution in [3.05, 3.63) is 65.5 Å². The molecule has 0 heterocycles. The molecule has 1 aliphatic rings. The molecule has 2 aromatic rings. The highest BCUT2D eigenvalue weighted by molar-refractivity contribution is 5.88. The largest absolute Gasteiger partial charge is 0.484 e. The molecule has 1 fully saturated rings. The predicted molar refractivity (Wildman–Crippen MR) is 118 cm³/mol. The van der Waals surface area contributed by atoms with Crippen molar-refractivity contribution in [1.82, 2.24) is 10.2 Å². The molecule has 0 radical (unpaired) electrons. The van der Waals surface area contributed by atoms with Crippen molar-refractivity contribution in [2.24, 2.45) is 0 Å². The van der Waals surface area contributed by atoms with E-state index in [0.29, 0.717) is 11.3 Å². The minimum Gasteiger partial charge on any atom is -0.484 e. The van der Waals surface area contributed by atoms with E-state index in [1.807, 2.05) is 19.1 Å². The quantitative estimate of drug-likeness (QED) is 0.682. The summed E-state index contributed by atoms with van der Waals surface area (Å²) in [5.74, 6) is -0.411. The van der Waals surface area contributed by atoms with Gasteiger partial charge in [0.2, 0.25) is 5.91 Å². The minimum absolute atomic E-state index is 0.00200. The van der Waals surface area contributed by atoms with Gasteiger partial charge in [-0.3, -0.25) is 9.59 Å². The van der Waals surface area contributed by atoms with Crippen LogP contribution in [0.4, 0.5) is 4.39 Å². The SMILES string of the molecule is Cc1ccc(OCC(=O)N(Cc2ccccc2F)C(C)C(=O)NC2CCCCC2)cc1. The average Bonchev–Trinajstić information content (AvgIpc) is 2.78. The Balaban J connectivity index is 1.71. The lowest BCUT2D eigenvalue weighted by atomic mass is 9.95. The van der Waals surface area contributed by atoms with Gasteiger partial charge in [0.05, 0.1) is 0 Å². The Kier molecular flexibility index (Phi) is 8.04. The van der Waals surface area contributed by atoms with Crippen molar-refractivity contribution >= 4 is 11.8 Å². The maximum absolute atomic E-state index is 14.3. The Morgan fingerprint density at radius 1 is 1.10 bits per heavy atom. The highest BCUT2D eigenvalue weighted by Crippen LogP contribution is 2.19. The summed E-state index contributed by atoms with van der Waals surface area (Å²) in [5.41, 5.74) is 1.45. The monoisotopic (exact) mass is 426 g/mol. The van der Waals surface area contributed by atoms with E-state index in [1.165, 1.54) is 17.4 Å². The Morgan fingerprint density at radius 2 is 1.77 bits per heavy atom. The molecule has 0 bridgehead atoms. The Bertz CT molecular complexity index is 879. The third kappa shape index (κ3) is 6.54. The molecule has 2 amide bonds. The van der Waals surface area contributed by atoms with Gasteiger partial charge in [0.1, 0.15) is 17.6 Å². The average molecular weight is 427 g/mol. The van der Waals surface area contributed by atoms with Crippen molar-refractivity contribution in [2.45, 2.75) is 64.6 Å². The van der Waals surface area contributed by atoms with Gasteiger partial charge < -0.3 is 15.0 Å². The van der Waals surface area contributed by atoms with Gasteiger partial charge in [-0.05, 0) is 44.9 Å². The van der Waals surface area contributed by atoms with Gasteiger partial charge in [0.25, 0.3) is 5.91 Å². The van der Waals surface area contributed by atoms with Crippen LogP contribution >= 0.6 is 0 Å². The van der Waals surface area contributed by atoms with Gasteiger partial charge in [-0.15, -0.1) is 0 Å². The van der Waals surface area contributed by atoms with Crippen LogP contribution in [0.15, 0.2) is 48.5 Å². The second-order valence-corrected chi connectivity index (χ2v) is 8.23. The molecule has 1 aliphatic carbocycles. The zero-order chi connectivity index (χ0) is 22.2. The molecular weight excluding hydrogens is 395 g/mol. The van der Waals surface area contributed by atoms with E-state index < -0.39 is 11.9 Å². The zero-order valence-corrected chi connectivity index (χ0v) is 18.3. The lowest BCUT2D eigenvalue weighted by molar-refractivity contribution is -0.142. The second kappa shape index (κ2) is 10.9. The smallest absolute Gasteiger partial charge is 0.261 e. The molecule has 3 rings (SSSR count). The maximum atomic E-state index is 14.3. The predicted octanol–water partition coefficient (Wildman–Crippen LogP) is 4.38. The number of halogens is 1. The third-order valence-electron chi connectivity index (χ3n) is 5.80. The highest BCUT2D eigenvalue weighted by Gasteiger charge is 2.29. The van der Waals surface area contributed by atoms with Crippen LogP contribution in [-0.2, 0) is 16.1 Å². The van der Waals surface area contributed by atoms with E-state index in [9.17, 15) is 14.0 Å². The number of ether oxygens (including phenoxy) is 1. The van der Waals surface area contributed by atoms with Crippen molar-refractivity contribution in [3.63, 3.8) is 0 Å². The van der Waals surface area contributed by atoms with E-state index in [-0.39, 0.29) is 31.0 Å². The van der Waals surface area contributed by atoms with Gasteiger partial charge >= 0.3 is 0 Å². The standard InChI is InChI=1S/C25H31FN2O3/c1-18-12-14-22(15-13-18)31-17-24(29)28(16-20-8-6-7-11-23(20)26)19(2)25(30)27-21-9-4-3-5-10-21/h6-8,11-15,19,21H,3-5,9-10,16-17H2,1-2H3,(H,27,30). The topological polar surface area (TPSA) is 58.6 Å². The molecule has 2 aromatic carbocycles. The van der Waals surface area contributed by atoms with Crippen LogP contribution in [-0.4, -0.2) is 35.4 Å². The van der Waals surface area contributed by atoms with Gasteiger partial charge in [-0.1, -0.05) is 55.2 Å². The number of aryl methyl sites for hydroxylation is 1. The third-order valence-corrected chi connectivity index (χ3v) is 5.80. The highest BCUT2D eigenvalue weighted by atomic mass is 19.1. The van der Waals surface area contributed by atoms with Crippen LogP contribution in [0.25, 0.3) is 0 Å². The van der Waals surface area contributed by atoms with E-state index >= 15 is 0 Å². The van der Waals surface area contributed by atoms with Crippen LogP contribution in [0.5, 0.6) is 5.75 Å². The molecule has 1 atom stereocenters. The second-order valence-electron chi connectivity index (χ2n) is 8.23. The minimum atomic E-state index is -0.740. The normalized spacial score (nSPS) is 15.2. The number of carbonyl (C=O) groups excluding carboxylic acids is 2. The Labute approximate surface area is 183 Å². The molecule has 31 heavy (non-hydrogen) atoms. The fourth-order valence-corrected chi connectivity index (χ4v) is 3.82. The first kappa shape index (κ1) is 22.8. The molecule has 1 saturated carbocycles. The van der Waals surface area contributed by atoms with Crippen molar-refractivity contribution in [3.8, 4) is 5.75 Å². The summed E-state index contributed by atoms with van der Waals surface area (Å²) in [6.07, 6.45) is 5.30. The molecule has 0 aromatic heterocycles. The molecular formula is C25H31FN2O3. The Hall–Kier alpha value is -2.89. The van der Waals surface area contributed by atoms with Crippen molar-refractivity contribution in [2.75, 3.05) is 6.61 Å². The number of nitrogens with one attached hydrogen (secondary N) is 1. The van der Waals surface area contributed by atoms with Gasteiger partial charge in [-0.2, -0.15) is 0 Å². The van der Waals surface area contributed by atoms with Crippen LogP contribution in [0.1, 0.15) is 50.2 Å². The number of carbonyl (C=O) groups is 2. The lowest BCUT2D eigenvalue weighted by Gasteiger charge is -2.31. The number of rotatable bonds is 8. The van der Waals surface area contributed by atoms with Gasteiger partial charge in [0, 0.05) is 18.2 Å². The molecule has 166 valence electrons. The van der Waals surface area contributed by atoms with Crippen LogP contribution in [0, 0.1) is 12.7 Å². The first-order valence-electron chi connectivity index (χ1n) is 11.0. The zero-order valence-electron chi connectivity index (χ0n) is 18.3. The fraction of sp³-hybridized carbons (Fsp3) is 0.440. The molecule has 0 spiro atoms. The molecule has 0 aliphatic heterocycles. The number of nitrogens with zero attached hydrogens (tertiary/aromatic N) is 1. The molecule has 1 unspecified atom stereocenters. The number of hydrogen-bond donors (Lipinski definition) is 1. The van der Waals surface area contributed by atoms with Crippen molar-refractivity contribution in [1.29, 1.82) is 0 Å². The lowest BCUT2D eigenvalue weighted by Crippen LogP contribution is -2.51.